The molecule has 699 valence electrons. The largest absolute Gasteiger partial charge is 0.512 e. The molecule has 12 aromatic rings. The second-order valence-electron chi connectivity index (χ2n) is 35.4. The Labute approximate surface area is 822 Å². The van der Waals surface area contributed by atoms with E-state index in [1.54, 1.807) is 0 Å². The fourth-order valence-electron chi connectivity index (χ4n) is 16.3. The second kappa shape index (κ2) is 57.3. The van der Waals surface area contributed by atoms with E-state index in [0.717, 1.165) is 161 Å². The topological polar surface area (TPSA) is 151 Å². The zero-order chi connectivity index (χ0) is 93.1. The molecule has 0 bridgehead atoms. The molecule has 0 atom stereocenters. The van der Waals surface area contributed by atoms with Crippen LogP contribution < -0.4 is 0 Å². The van der Waals surface area contributed by atoms with Crippen LogP contribution in [0.3, 0.4) is 0 Å². The van der Waals surface area contributed by atoms with Crippen molar-refractivity contribution in [1.29, 1.82) is 0 Å². The molecule has 0 aliphatic carbocycles. The number of carbonyl (C=O) groups excluding carboxylic acids is 3. The Morgan fingerprint density at radius 3 is 0.900 bits per heavy atom. The quantitative estimate of drug-likeness (QED) is 0.0219. The van der Waals surface area contributed by atoms with E-state index in [1.807, 2.05) is 83.1 Å². The van der Waals surface area contributed by atoms with Crippen molar-refractivity contribution in [1.82, 2.24) is 15.0 Å². The monoisotopic (exact) mass is 2280 g/mol. The van der Waals surface area contributed by atoms with Crippen molar-refractivity contribution in [3.63, 3.8) is 0 Å². The van der Waals surface area contributed by atoms with Gasteiger partial charge in [0.25, 0.3) is 0 Å². The molecule has 12 heteroatoms. The number of hydrogen-bond acceptors (Lipinski definition) is 9. The van der Waals surface area contributed by atoms with Gasteiger partial charge in [0, 0.05) is 119 Å². The van der Waals surface area contributed by atoms with Gasteiger partial charge in [-0.1, -0.05) is 312 Å². The normalized spacial score (nSPS) is 11.5. The maximum atomic E-state index is 11.7. The number of benzene rings is 9. The summed E-state index contributed by atoms with van der Waals surface area (Å²) in [5.74, 6) is 3.42. The molecule has 0 aliphatic heterocycles. The van der Waals surface area contributed by atoms with Crippen LogP contribution in [0.1, 0.15) is 264 Å². The van der Waals surface area contributed by atoms with Gasteiger partial charge in [0.1, 0.15) is 0 Å². The van der Waals surface area contributed by atoms with Crippen LogP contribution in [0.25, 0.3) is 99.9 Å². The Balaban J connectivity index is 0.000000333. The molecule has 0 unspecified atom stereocenters. The predicted octanol–water partition coefficient (Wildman–Crippen LogP) is 33.0. The van der Waals surface area contributed by atoms with E-state index in [2.05, 4.69) is 301 Å². The first-order valence-corrected chi connectivity index (χ1v) is 47.2. The van der Waals surface area contributed by atoms with Crippen molar-refractivity contribution in [2.45, 2.75) is 261 Å². The molecule has 0 spiro atoms. The van der Waals surface area contributed by atoms with Gasteiger partial charge in [0.05, 0.1) is 33.8 Å². The summed E-state index contributed by atoms with van der Waals surface area (Å²) >= 11 is 0. The minimum Gasteiger partial charge on any atom is -0.512 e. The second-order valence-corrected chi connectivity index (χ2v) is 35.4. The van der Waals surface area contributed by atoms with Crippen LogP contribution in [0.15, 0.2) is 236 Å². The Morgan fingerprint density at radius 1 is 0.315 bits per heavy atom. The number of nitrogens with zero attached hydrogens (tertiary/aromatic N) is 3. The van der Waals surface area contributed by atoms with Gasteiger partial charge in [0.15, 0.2) is 17.3 Å². The average Bonchev–Trinajstić information content (AvgIpc) is 0.806. The van der Waals surface area contributed by atoms with Gasteiger partial charge in [-0.3, -0.25) is 29.3 Å². The van der Waals surface area contributed by atoms with Crippen molar-refractivity contribution >= 4 is 50.1 Å². The summed E-state index contributed by atoms with van der Waals surface area (Å²) in [7, 11) is 0. The summed E-state index contributed by atoms with van der Waals surface area (Å²) in [6.45, 7) is 50.2. The van der Waals surface area contributed by atoms with Gasteiger partial charge in [-0.2, -0.15) is 0 Å². The minimum absolute atomic E-state index is 0. The van der Waals surface area contributed by atoms with Gasteiger partial charge < -0.3 is 15.3 Å². The molecule has 0 fully saturated rings. The molecule has 0 amide bonds. The van der Waals surface area contributed by atoms with Gasteiger partial charge in [-0.05, 0) is 197 Å². The summed E-state index contributed by atoms with van der Waals surface area (Å²) in [5, 5.41) is 32.8. The first-order valence-electron chi connectivity index (χ1n) is 47.2. The van der Waals surface area contributed by atoms with E-state index in [4.69, 9.17) is 15.0 Å². The number of pyridine rings is 3. The number of carbonyl (C=O) groups is 3. The molecule has 3 aromatic heterocycles. The van der Waals surface area contributed by atoms with Crippen molar-refractivity contribution in [2.24, 2.45) is 41.4 Å². The van der Waals surface area contributed by atoms with E-state index in [9.17, 15) is 29.7 Å². The number of hydrogen-bond donors (Lipinski definition) is 3. The van der Waals surface area contributed by atoms with Crippen LogP contribution in [-0.2, 0) is 81.1 Å². The molecule has 3 heterocycles. The SMILES string of the molecule is CCC(CC)C(=O)C=C(O)C(CC)CC.CCC(CC)C(=O)C=C(O)C(CC)CC.CCC(CC)C(=O)C=C(O)C(CC)CC.Cc1[c-]c(-c2ccc3c(-c4ccc(C(C)C)cc4)cccc3n2)cc(C)c1.Cc1[c-]c(-c2ccc3ccc(-c4ccc(C(C)C)cc4)cc3n2)cc(C)c1.Cc1[c-]c(-c2ccc3ccc(-c4ccc(CC(C)C)cc4)cc3n2)cc(C)c1.[Ir].[Ir].[Ir]. The third-order valence-corrected chi connectivity index (χ3v) is 24.4. The van der Waals surface area contributed by atoms with Crippen molar-refractivity contribution in [3.8, 4) is 67.2 Å². The molecule has 9 nitrogen and oxygen atoms in total. The molecule has 9 aromatic carbocycles. The zero-order valence-electron chi connectivity index (χ0n) is 82.1. The molecule has 0 aliphatic rings. The van der Waals surface area contributed by atoms with E-state index in [-0.39, 0.29) is 130 Å². The molecular weight excluding hydrogens is 2130 g/mol. The first kappa shape index (κ1) is 113. The maximum absolute atomic E-state index is 11.7. The Kier molecular flexibility index (Phi) is 49.8. The molecule has 0 saturated carbocycles. The van der Waals surface area contributed by atoms with Gasteiger partial charge in [-0.25, -0.2) is 0 Å². The summed E-state index contributed by atoms with van der Waals surface area (Å²) in [6.07, 6.45) is 15.8. The summed E-state index contributed by atoms with van der Waals surface area (Å²) in [5.41, 5.74) is 27.8. The van der Waals surface area contributed by atoms with E-state index >= 15 is 0 Å². The van der Waals surface area contributed by atoms with Gasteiger partial charge in [-0.15, -0.1) is 105 Å². The fraction of sp³-hybridized carbons (Fsp3) is 0.390. The molecule has 0 saturated heterocycles. The molecule has 3 radical (unpaired) electrons. The number of allylic oxidation sites excluding steroid dienone is 6. The number of aliphatic hydroxyl groups excluding tert-OH is 3. The average molecular weight is 2280 g/mol. The van der Waals surface area contributed by atoms with Crippen LogP contribution in [0.5, 0.6) is 0 Å². The van der Waals surface area contributed by atoms with Crippen LogP contribution in [0.4, 0.5) is 0 Å². The Bertz CT molecular complexity index is 5370. The van der Waals surface area contributed by atoms with Crippen LogP contribution in [0.2, 0.25) is 0 Å². The maximum Gasteiger partial charge on any atom is 0.162 e. The van der Waals surface area contributed by atoms with Gasteiger partial charge >= 0.3 is 0 Å². The van der Waals surface area contributed by atoms with E-state index < -0.39 is 0 Å². The standard InChI is InChI=1S/C27H26N.2C26H24N.3C13H24O2.3Ir/c1-18(2)13-21-5-7-22(8-6-21)24-10-9-23-11-12-26(28-27(23)17-24)25-15-19(3)14-20(4)16-25;1-17(2)20-5-7-21(8-6-20)23-10-9-22-11-12-25(27-26(22)16-23)24-14-18(3)13-19(4)15-24;1-17(2)20-8-10-21(11-9-20)23-6-5-7-26-24(23)12-13-25(27-26)22-15-18(3)14-19(4)16-22;3*1-5-10(6-2)12(14)9-13(15)11(7-3)8-4;;;/h5-12,14-15,17-18H,13H2,1-4H3;5-14,16-17H,1-4H3;5-15,17H,1-4H3;3*9-11,14H,5-8H2,1-4H3;;;/q3*-1;;;;;;. The number of aliphatic hydroxyl groups is 3. The number of aryl methyl sites for hydroxylation is 6. The van der Waals surface area contributed by atoms with Crippen molar-refractivity contribution in [2.75, 3.05) is 0 Å². The van der Waals surface area contributed by atoms with Gasteiger partial charge in [0.2, 0.25) is 0 Å². The molecule has 3 N–H and O–H groups in total. The number of fused-ring (bicyclic) bond motifs is 3. The van der Waals surface area contributed by atoms with E-state index in [0.29, 0.717) is 17.8 Å². The van der Waals surface area contributed by atoms with E-state index in [1.165, 1.54) is 90.4 Å². The van der Waals surface area contributed by atoms with Crippen LogP contribution in [0, 0.1) is 101 Å². The molecule has 130 heavy (non-hydrogen) atoms. The first-order chi connectivity index (χ1) is 60.8. The van der Waals surface area contributed by atoms with Crippen LogP contribution >= 0.6 is 0 Å². The number of rotatable bonds is 31. The number of ketones is 3. The zero-order valence-corrected chi connectivity index (χ0v) is 89.3. The third kappa shape index (κ3) is 34.1. The Morgan fingerprint density at radius 2 is 0.600 bits per heavy atom. The summed E-state index contributed by atoms with van der Waals surface area (Å²) < 4.78 is 0. The molecular formula is C118H146Ir3N3O6-3. The minimum atomic E-state index is 0. The number of aromatic nitrogens is 3. The fourth-order valence-corrected chi connectivity index (χ4v) is 16.3. The summed E-state index contributed by atoms with van der Waals surface area (Å²) in [4.78, 5) is 49.9. The third-order valence-electron chi connectivity index (χ3n) is 24.4. The smallest absolute Gasteiger partial charge is 0.162 e. The predicted molar refractivity (Wildman–Crippen MR) is 541 cm³/mol. The Hall–Kier alpha value is -9.21. The summed E-state index contributed by atoms with van der Waals surface area (Å²) in [6, 6.07) is 82.0. The van der Waals surface area contributed by atoms with Crippen molar-refractivity contribution < 1.29 is 90.0 Å². The molecule has 12 rings (SSSR count). The van der Waals surface area contributed by atoms with Crippen molar-refractivity contribution in [3.05, 3.63) is 304 Å². The van der Waals surface area contributed by atoms with Crippen LogP contribution in [-0.4, -0.2) is 47.6 Å².